The van der Waals surface area contributed by atoms with Crippen LogP contribution in [0.3, 0.4) is 0 Å². The Morgan fingerprint density at radius 2 is 1.53 bits per heavy atom. The quantitative estimate of drug-likeness (QED) is 0.157. The van der Waals surface area contributed by atoms with E-state index in [-0.39, 0.29) is 50.5 Å². The second kappa shape index (κ2) is 10.8. The lowest BCUT2D eigenvalue weighted by atomic mass is 9.78. The number of ketones is 2. The molecule has 0 aliphatic heterocycles. The Morgan fingerprint density at radius 3 is 2.13 bits per heavy atom. The number of nitrogens with two attached hydrogens (primary N) is 1. The number of rotatable bonds is 6. The zero-order valence-corrected chi connectivity index (χ0v) is 22.8. The fraction of sp³-hybridized carbons (Fsp3) is 0.344. The van der Waals surface area contributed by atoms with Crippen molar-refractivity contribution in [2.45, 2.75) is 69.8 Å². The summed E-state index contributed by atoms with van der Waals surface area (Å²) >= 11 is 4.76. The number of hydrogen-bond donors (Lipinski definition) is 2. The van der Waals surface area contributed by atoms with Crippen LogP contribution < -0.4 is 5.73 Å². The van der Waals surface area contributed by atoms with Gasteiger partial charge in [-0.2, -0.15) is 0 Å². The molecule has 3 aromatic carbocycles. The molecule has 0 spiro atoms. The maximum absolute atomic E-state index is 13.8. The number of anilines is 1. The summed E-state index contributed by atoms with van der Waals surface area (Å²) in [7, 11) is 0. The Balaban J connectivity index is 1.58. The summed E-state index contributed by atoms with van der Waals surface area (Å²) in [6.07, 6.45) is 7.10. The average molecular weight is 528 g/mol. The Kier molecular flexibility index (Phi) is 7.44. The molecule has 5 nitrogen and oxygen atoms in total. The molecular weight excluding hydrogens is 494 g/mol. The largest absolute Gasteiger partial charge is 0.459 e. The fourth-order valence-electron chi connectivity index (χ4n) is 5.82. The van der Waals surface area contributed by atoms with Gasteiger partial charge in [-0.15, -0.1) is 12.6 Å². The number of ether oxygens (including phenoxy) is 1. The molecule has 3 aromatic rings. The van der Waals surface area contributed by atoms with Gasteiger partial charge in [-0.05, 0) is 44.1 Å². The van der Waals surface area contributed by atoms with Gasteiger partial charge in [-0.25, -0.2) is 4.79 Å². The molecular formula is C32H33NO4S. The highest BCUT2D eigenvalue weighted by molar-refractivity contribution is 7.80. The van der Waals surface area contributed by atoms with Crippen LogP contribution in [0.25, 0.3) is 11.1 Å². The number of aryl methyl sites for hydroxylation is 1. The van der Waals surface area contributed by atoms with Crippen LogP contribution in [0, 0.1) is 12.8 Å². The van der Waals surface area contributed by atoms with E-state index in [4.69, 9.17) is 23.1 Å². The summed E-state index contributed by atoms with van der Waals surface area (Å²) in [4.78, 5) is 41.3. The number of thiol groups is 1. The predicted octanol–water partition coefficient (Wildman–Crippen LogP) is 7.21. The van der Waals surface area contributed by atoms with Gasteiger partial charge in [0.05, 0.1) is 16.8 Å². The maximum Gasteiger partial charge on any atom is 0.341 e. The summed E-state index contributed by atoms with van der Waals surface area (Å²) < 4.78 is 5.96. The first-order valence-electron chi connectivity index (χ1n) is 13.5. The summed E-state index contributed by atoms with van der Waals surface area (Å²) in [5.74, 6) is -0.603. The van der Waals surface area contributed by atoms with Crippen LogP contribution in [-0.4, -0.2) is 23.6 Å². The normalized spacial score (nSPS) is 18.6. The predicted molar refractivity (Wildman–Crippen MR) is 152 cm³/mol. The lowest BCUT2D eigenvalue weighted by molar-refractivity contribution is 0.0158. The van der Waals surface area contributed by atoms with E-state index in [2.05, 4.69) is 6.92 Å². The van der Waals surface area contributed by atoms with Gasteiger partial charge in [-0.1, -0.05) is 80.3 Å². The van der Waals surface area contributed by atoms with Gasteiger partial charge in [0.25, 0.3) is 0 Å². The number of fused-ring (bicyclic) bond motifs is 2. The molecule has 5 rings (SSSR count). The number of benzene rings is 3. The van der Waals surface area contributed by atoms with Crippen LogP contribution in [0.15, 0.2) is 53.4 Å². The van der Waals surface area contributed by atoms with Gasteiger partial charge < -0.3 is 10.5 Å². The maximum atomic E-state index is 13.8. The molecule has 0 amide bonds. The minimum Gasteiger partial charge on any atom is -0.459 e. The first kappa shape index (κ1) is 26.2. The van der Waals surface area contributed by atoms with Crippen molar-refractivity contribution < 1.29 is 19.1 Å². The lowest BCUT2D eigenvalue weighted by Gasteiger charge is -2.29. The number of esters is 1. The first-order chi connectivity index (χ1) is 18.3. The van der Waals surface area contributed by atoms with Crippen molar-refractivity contribution in [3.05, 3.63) is 81.9 Å². The fourth-order valence-corrected chi connectivity index (χ4v) is 6.27. The van der Waals surface area contributed by atoms with Crippen LogP contribution in [-0.2, 0) is 4.74 Å². The molecule has 2 N–H and O–H groups in total. The zero-order valence-electron chi connectivity index (χ0n) is 21.9. The van der Waals surface area contributed by atoms with Crippen molar-refractivity contribution in [1.29, 1.82) is 0 Å². The summed E-state index contributed by atoms with van der Waals surface area (Å²) in [5, 5.41) is 0. The summed E-state index contributed by atoms with van der Waals surface area (Å²) in [6, 6.07) is 14.3. The summed E-state index contributed by atoms with van der Waals surface area (Å²) in [5.41, 5.74) is 9.55. The average Bonchev–Trinajstić information content (AvgIpc) is 2.92. The van der Waals surface area contributed by atoms with E-state index in [9.17, 15) is 14.4 Å². The van der Waals surface area contributed by atoms with Gasteiger partial charge >= 0.3 is 5.97 Å². The van der Waals surface area contributed by atoms with Crippen molar-refractivity contribution >= 4 is 35.9 Å². The SMILES string of the molecule is CCCC[C@H]1CC[C@H](OC(=O)c2c(N)c3c(c(-c4ccc(C)cc4)c2S)C(=O)c2ccccc2C3=O)CC1. The molecule has 1 saturated carbocycles. The highest BCUT2D eigenvalue weighted by Gasteiger charge is 2.38. The van der Waals surface area contributed by atoms with Gasteiger partial charge in [-0.3, -0.25) is 9.59 Å². The van der Waals surface area contributed by atoms with E-state index < -0.39 is 5.97 Å². The number of nitrogen functional groups attached to an aromatic ring is 1. The molecule has 196 valence electrons. The number of unbranched alkanes of at least 4 members (excludes halogenated alkanes) is 1. The molecule has 2 aliphatic rings. The summed E-state index contributed by atoms with van der Waals surface area (Å²) in [6.45, 7) is 4.17. The number of hydrogen-bond acceptors (Lipinski definition) is 6. The number of carbonyl (C=O) groups is 3. The monoisotopic (exact) mass is 527 g/mol. The molecule has 0 aromatic heterocycles. The van der Waals surface area contributed by atoms with Gasteiger partial charge in [0.2, 0.25) is 0 Å². The third kappa shape index (κ3) is 4.66. The van der Waals surface area contributed by atoms with E-state index >= 15 is 0 Å². The van der Waals surface area contributed by atoms with Crippen LogP contribution in [0.5, 0.6) is 0 Å². The molecule has 0 atom stereocenters. The van der Waals surface area contributed by atoms with Crippen molar-refractivity contribution in [3.8, 4) is 11.1 Å². The van der Waals surface area contributed by atoms with E-state index in [1.54, 1.807) is 24.3 Å². The molecule has 0 bridgehead atoms. The lowest BCUT2D eigenvalue weighted by Crippen LogP contribution is -2.28. The minimum atomic E-state index is -0.597. The number of carbonyl (C=O) groups excluding carboxylic acids is 3. The van der Waals surface area contributed by atoms with Crippen molar-refractivity contribution in [3.63, 3.8) is 0 Å². The van der Waals surface area contributed by atoms with Gasteiger partial charge in [0, 0.05) is 27.1 Å². The zero-order chi connectivity index (χ0) is 27.0. The standard InChI is InChI=1S/C32H33NO4S/c1-3-4-7-19-12-16-21(17-13-19)37-32(36)27-28(33)26-25(24(31(27)38)20-14-10-18(2)11-15-20)29(34)22-8-5-6-9-23(22)30(26)35/h5-6,8-11,14-15,19,21,38H,3-4,7,12-13,16-17,33H2,1-2H3/t19-,21-. The molecule has 6 heteroatoms. The van der Waals surface area contributed by atoms with Gasteiger partial charge in [0.15, 0.2) is 11.6 Å². The third-order valence-corrected chi connectivity index (χ3v) is 8.41. The highest BCUT2D eigenvalue weighted by Crippen LogP contribution is 2.44. The Morgan fingerprint density at radius 1 is 0.921 bits per heavy atom. The third-order valence-electron chi connectivity index (χ3n) is 7.96. The smallest absolute Gasteiger partial charge is 0.341 e. The molecule has 0 saturated heterocycles. The highest BCUT2D eigenvalue weighted by atomic mass is 32.1. The van der Waals surface area contributed by atoms with Crippen molar-refractivity contribution in [1.82, 2.24) is 0 Å². The van der Waals surface area contributed by atoms with Crippen LogP contribution in [0.1, 0.15) is 99.6 Å². The van der Waals surface area contributed by atoms with Crippen LogP contribution in [0.2, 0.25) is 0 Å². The Bertz CT molecular complexity index is 1420. The molecule has 1 fully saturated rings. The van der Waals surface area contributed by atoms with E-state index in [0.29, 0.717) is 22.6 Å². The molecule has 2 aliphatic carbocycles. The van der Waals surface area contributed by atoms with Crippen LogP contribution >= 0.6 is 12.6 Å². The molecule has 0 heterocycles. The second-order valence-electron chi connectivity index (χ2n) is 10.5. The van der Waals surface area contributed by atoms with E-state index in [0.717, 1.165) is 31.2 Å². The van der Waals surface area contributed by atoms with E-state index in [1.807, 2.05) is 31.2 Å². The first-order valence-corrected chi connectivity index (χ1v) is 13.9. The molecule has 38 heavy (non-hydrogen) atoms. The topological polar surface area (TPSA) is 86.5 Å². The Hall–Kier alpha value is -3.38. The molecule has 0 unspecified atom stereocenters. The van der Waals surface area contributed by atoms with Crippen molar-refractivity contribution in [2.24, 2.45) is 5.92 Å². The van der Waals surface area contributed by atoms with Crippen LogP contribution in [0.4, 0.5) is 5.69 Å². The Labute approximate surface area is 229 Å². The van der Waals surface area contributed by atoms with Crippen molar-refractivity contribution in [2.75, 3.05) is 5.73 Å². The van der Waals surface area contributed by atoms with E-state index in [1.165, 1.54) is 19.3 Å². The minimum absolute atomic E-state index is 0.0460. The molecule has 0 radical (unpaired) electrons. The second-order valence-corrected chi connectivity index (χ2v) is 11.0. The van der Waals surface area contributed by atoms with Gasteiger partial charge in [0.1, 0.15) is 6.10 Å².